The van der Waals surface area contributed by atoms with Gasteiger partial charge in [0.05, 0.1) is 0 Å². The lowest BCUT2D eigenvalue weighted by atomic mass is 9.86. The molecular weight excluding hydrogens is 294 g/mol. The molecule has 2 unspecified atom stereocenters. The average Bonchev–Trinajstić information content (AvgIpc) is 2.88. The Balaban J connectivity index is 2.19. The minimum Gasteiger partial charge on any atom is -0.396 e. The van der Waals surface area contributed by atoms with Crippen LogP contribution in [-0.2, 0) is 16.4 Å². The van der Waals surface area contributed by atoms with E-state index in [0.717, 1.165) is 24.1 Å². The van der Waals surface area contributed by atoms with Crippen molar-refractivity contribution in [2.45, 2.75) is 49.3 Å². The minimum absolute atomic E-state index is 0.0511. The fraction of sp³-hybridized carbons (Fsp3) is 0.714. The van der Waals surface area contributed by atoms with E-state index in [0.29, 0.717) is 16.5 Å². The number of nitrogens with zero attached hydrogens (tertiary/aromatic N) is 1. The molecule has 2 rings (SSSR count). The van der Waals surface area contributed by atoms with Gasteiger partial charge < -0.3 is 5.11 Å². The normalized spacial score (nSPS) is 24.2. The summed E-state index contributed by atoms with van der Waals surface area (Å²) in [7, 11) is -1.70. The molecule has 1 saturated carbocycles. The van der Waals surface area contributed by atoms with Gasteiger partial charge in [-0.05, 0) is 30.9 Å². The molecule has 1 fully saturated rings. The van der Waals surface area contributed by atoms with Gasteiger partial charge in [0.15, 0.2) is 0 Å². The third-order valence-corrected chi connectivity index (χ3v) is 7.66. The molecule has 4 nitrogen and oxygen atoms in total. The van der Waals surface area contributed by atoms with Crippen LogP contribution in [0.5, 0.6) is 0 Å². The van der Waals surface area contributed by atoms with E-state index < -0.39 is 10.0 Å². The maximum absolute atomic E-state index is 12.7. The van der Waals surface area contributed by atoms with Crippen LogP contribution in [0.4, 0.5) is 0 Å². The van der Waals surface area contributed by atoms with Gasteiger partial charge in [-0.3, -0.25) is 0 Å². The van der Waals surface area contributed by atoms with E-state index in [1.807, 2.05) is 0 Å². The largest absolute Gasteiger partial charge is 0.396 e. The molecular formula is C14H23NO3S2. The molecule has 0 spiro atoms. The lowest BCUT2D eigenvalue weighted by molar-refractivity contribution is 0.213. The van der Waals surface area contributed by atoms with Crippen molar-refractivity contribution in [1.29, 1.82) is 0 Å². The standard InChI is InChI=1S/C14H23NO3S2/c1-11-5-3-4-6-13(11)15(2)20(17,18)14-8-7-12(19-14)9-10-16/h7-8,11,13,16H,3-6,9-10H2,1-2H3. The lowest BCUT2D eigenvalue weighted by Gasteiger charge is -2.35. The van der Waals surface area contributed by atoms with Gasteiger partial charge in [0, 0.05) is 31.0 Å². The second kappa shape index (κ2) is 6.56. The van der Waals surface area contributed by atoms with Gasteiger partial charge in [0.25, 0.3) is 10.0 Å². The predicted molar refractivity (Wildman–Crippen MR) is 81.5 cm³/mol. The molecule has 2 atom stereocenters. The van der Waals surface area contributed by atoms with Crippen molar-refractivity contribution in [3.8, 4) is 0 Å². The van der Waals surface area contributed by atoms with E-state index in [-0.39, 0.29) is 12.6 Å². The lowest BCUT2D eigenvalue weighted by Crippen LogP contribution is -2.42. The Kier molecular flexibility index (Phi) is 5.23. The highest BCUT2D eigenvalue weighted by atomic mass is 32.2. The summed E-state index contributed by atoms with van der Waals surface area (Å²) < 4.78 is 27.3. The minimum atomic E-state index is -3.40. The monoisotopic (exact) mass is 317 g/mol. The molecule has 0 aromatic carbocycles. The zero-order valence-corrected chi connectivity index (χ0v) is 13.7. The highest BCUT2D eigenvalue weighted by molar-refractivity contribution is 7.91. The number of aliphatic hydroxyl groups excluding tert-OH is 1. The molecule has 1 aromatic rings. The van der Waals surface area contributed by atoms with Crippen molar-refractivity contribution in [3.05, 3.63) is 17.0 Å². The molecule has 20 heavy (non-hydrogen) atoms. The SMILES string of the molecule is CC1CCCCC1N(C)S(=O)(=O)c1ccc(CCO)s1. The number of aliphatic hydroxyl groups is 1. The molecule has 0 amide bonds. The van der Waals surface area contributed by atoms with Crippen LogP contribution in [0.15, 0.2) is 16.3 Å². The molecule has 1 heterocycles. The highest BCUT2D eigenvalue weighted by Crippen LogP contribution is 2.32. The van der Waals surface area contributed by atoms with Crippen molar-refractivity contribution < 1.29 is 13.5 Å². The number of rotatable bonds is 5. The Morgan fingerprint density at radius 2 is 2.05 bits per heavy atom. The second-order valence-corrected chi connectivity index (χ2v) is 8.94. The van der Waals surface area contributed by atoms with Crippen LogP contribution in [0.3, 0.4) is 0 Å². The van der Waals surface area contributed by atoms with Crippen LogP contribution in [-0.4, -0.2) is 37.5 Å². The summed E-state index contributed by atoms with van der Waals surface area (Å²) in [6, 6.07) is 3.57. The molecule has 0 bridgehead atoms. The Labute approximate surface area is 125 Å². The van der Waals surface area contributed by atoms with Crippen LogP contribution in [0, 0.1) is 5.92 Å². The summed E-state index contributed by atoms with van der Waals surface area (Å²) in [5.74, 6) is 0.417. The quantitative estimate of drug-likeness (QED) is 0.907. The molecule has 0 aliphatic heterocycles. The van der Waals surface area contributed by atoms with Gasteiger partial charge in [0.2, 0.25) is 0 Å². The van der Waals surface area contributed by atoms with E-state index >= 15 is 0 Å². The van der Waals surface area contributed by atoms with Crippen LogP contribution in [0.1, 0.15) is 37.5 Å². The van der Waals surface area contributed by atoms with Gasteiger partial charge in [-0.25, -0.2) is 8.42 Å². The summed E-state index contributed by atoms with van der Waals surface area (Å²) >= 11 is 1.27. The Hall–Kier alpha value is -0.430. The Bertz CT molecular complexity index is 538. The van der Waals surface area contributed by atoms with Crippen molar-refractivity contribution in [2.24, 2.45) is 5.92 Å². The summed E-state index contributed by atoms with van der Waals surface area (Å²) in [5.41, 5.74) is 0. The fourth-order valence-corrected chi connectivity index (χ4v) is 5.91. The zero-order chi connectivity index (χ0) is 14.8. The first-order chi connectivity index (χ1) is 9.46. The van der Waals surface area contributed by atoms with Crippen LogP contribution in [0.25, 0.3) is 0 Å². The first kappa shape index (κ1) is 15.9. The first-order valence-electron chi connectivity index (χ1n) is 7.14. The Morgan fingerprint density at radius 3 is 2.70 bits per heavy atom. The van der Waals surface area contributed by atoms with Gasteiger partial charge in [-0.1, -0.05) is 19.8 Å². The molecule has 0 saturated heterocycles. The van der Waals surface area contributed by atoms with E-state index in [9.17, 15) is 8.42 Å². The molecule has 1 aromatic heterocycles. The number of thiophene rings is 1. The van der Waals surface area contributed by atoms with Gasteiger partial charge in [-0.15, -0.1) is 11.3 Å². The number of hydrogen-bond donors (Lipinski definition) is 1. The van der Waals surface area contributed by atoms with Crippen molar-refractivity contribution in [1.82, 2.24) is 4.31 Å². The van der Waals surface area contributed by atoms with Crippen molar-refractivity contribution in [3.63, 3.8) is 0 Å². The molecule has 6 heteroatoms. The summed E-state index contributed by atoms with van der Waals surface area (Å²) in [6.45, 7) is 2.19. The number of hydrogen-bond acceptors (Lipinski definition) is 4. The molecule has 114 valence electrons. The number of sulfonamides is 1. The topological polar surface area (TPSA) is 57.6 Å². The van der Waals surface area contributed by atoms with Crippen LogP contribution >= 0.6 is 11.3 Å². The maximum Gasteiger partial charge on any atom is 0.252 e. The average molecular weight is 317 g/mol. The van der Waals surface area contributed by atoms with Crippen molar-refractivity contribution >= 4 is 21.4 Å². The van der Waals surface area contributed by atoms with E-state index in [2.05, 4.69) is 6.92 Å². The smallest absolute Gasteiger partial charge is 0.252 e. The van der Waals surface area contributed by atoms with Gasteiger partial charge in [-0.2, -0.15) is 4.31 Å². The predicted octanol–water partition coefficient (Wildman–Crippen LogP) is 2.48. The fourth-order valence-electron chi connectivity index (χ4n) is 2.90. The molecule has 1 aliphatic carbocycles. The molecule has 0 radical (unpaired) electrons. The summed E-state index contributed by atoms with van der Waals surface area (Å²) in [5, 5.41) is 8.93. The third kappa shape index (κ3) is 3.24. The van der Waals surface area contributed by atoms with Gasteiger partial charge >= 0.3 is 0 Å². The van der Waals surface area contributed by atoms with Crippen LogP contribution < -0.4 is 0 Å². The zero-order valence-electron chi connectivity index (χ0n) is 12.1. The third-order valence-electron chi connectivity index (χ3n) is 4.16. The summed E-state index contributed by atoms with van der Waals surface area (Å²) in [6.07, 6.45) is 4.88. The molecule has 1 N–H and O–H groups in total. The Morgan fingerprint density at radius 1 is 1.35 bits per heavy atom. The second-order valence-electron chi connectivity index (χ2n) is 5.54. The van der Waals surface area contributed by atoms with Gasteiger partial charge in [0.1, 0.15) is 4.21 Å². The van der Waals surface area contributed by atoms with Crippen LogP contribution in [0.2, 0.25) is 0 Å². The highest BCUT2D eigenvalue weighted by Gasteiger charge is 2.33. The first-order valence-corrected chi connectivity index (χ1v) is 9.40. The summed E-state index contributed by atoms with van der Waals surface area (Å²) in [4.78, 5) is 0.913. The van der Waals surface area contributed by atoms with E-state index in [4.69, 9.17) is 5.11 Å². The van der Waals surface area contributed by atoms with E-state index in [1.54, 1.807) is 23.5 Å². The molecule has 1 aliphatic rings. The maximum atomic E-state index is 12.7. The van der Waals surface area contributed by atoms with E-state index in [1.165, 1.54) is 17.8 Å². The van der Waals surface area contributed by atoms with Crippen molar-refractivity contribution in [2.75, 3.05) is 13.7 Å².